The first-order valence-electron chi connectivity index (χ1n) is 15.1. The molecule has 0 bridgehead atoms. The molecule has 1 heterocycles. The van der Waals surface area contributed by atoms with Crippen molar-refractivity contribution >= 4 is 17.7 Å². The van der Waals surface area contributed by atoms with Crippen LogP contribution >= 0.6 is 0 Å². The number of hydrogen-bond acceptors (Lipinski definition) is 5. The lowest BCUT2D eigenvalue weighted by atomic mass is 9.96. The number of rotatable bonds is 12. The second-order valence-electron chi connectivity index (χ2n) is 12.2. The van der Waals surface area contributed by atoms with Crippen molar-refractivity contribution in [2.45, 2.75) is 111 Å². The zero-order valence-electron chi connectivity index (χ0n) is 25.2. The van der Waals surface area contributed by atoms with E-state index < -0.39 is 11.1 Å². The maximum Gasteiger partial charge on any atom is 0.349 e. The van der Waals surface area contributed by atoms with Crippen LogP contribution in [0.5, 0.6) is 5.75 Å². The Kier molecular flexibility index (Phi) is 9.37. The molecular weight excluding hydrogens is 500 g/mol. The Balaban J connectivity index is 1.55. The molecule has 6 heteroatoms. The van der Waals surface area contributed by atoms with Crippen LogP contribution in [0.3, 0.4) is 0 Å². The number of unbranched alkanes of at least 4 members (excludes halogenated alkanes) is 1. The topological polar surface area (TPSA) is 68.2 Å². The van der Waals surface area contributed by atoms with Crippen LogP contribution in [0.4, 0.5) is 0 Å². The number of amides is 1. The summed E-state index contributed by atoms with van der Waals surface area (Å²) in [6.45, 7) is 12.7. The zero-order valence-corrected chi connectivity index (χ0v) is 25.2. The van der Waals surface area contributed by atoms with Gasteiger partial charge in [-0.15, -0.1) is 0 Å². The second-order valence-corrected chi connectivity index (χ2v) is 12.2. The van der Waals surface area contributed by atoms with Crippen LogP contribution in [0.1, 0.15) is 97.6 Å². The molecule has 216 valence electrons. The highest BCUT2D eigenvalue weighted by molar-refractivity contribution is 6.08. The molecule has 1 aliphatic heterocycles. The van der Waals surface area contributed by atoms with Crippen molar-refractivity contribution in [1.29, 1.82) is 0 Å². The number of esters is 1. The maximum atomic E-state index is 13.5. The van der Waals surface area contributed by atoms with Crippen molar-refractivity contribution in [3.63, 3.8) is 0 Å². The molecule has 6 nitrogen and oxygen atoms in total. The van der Waals surface area contributed by atoms with Gasteiger partial charge in [0.15, 0.2) is 5.60 Å². The van der Waals surface area contributed by atoms with Gasteiger partial charge in [-0.05, 0) is 80.7 Å². The fourth-order valence-corrected chi connectivity index (χ4v) is 5.74. The molecule has 4 rings (SSSR count). The van der Waals surface area contributed by atoms with Crippen LogP contribution in [-0.2, 0) is 27.3 Å². The van der Waals surface area contributed by atoms with Gasteiger partial charge in [-0.25, -0.2) is 4.79 Å². The van der Waals surface area contributed by atoms with E-state index >= 15 is 0 Å². The van der Waals surface area contributed by atoms with E-state index in [4.69, 9.17) is 14.5 Å². The minimum Gasteiger partial charge on any atom is -0.476 e. The van der Waals surface area contributed by atoms with Crippen molar-refractivity contribution in [2.24, 2.45) is 10.9 Å². The summed E-state index contributed by atoms with van der Waals surface area (Å²) in [5.74, 6) is 1.92. The smallest absolute Gasteiger partial charge is 0.349 e. The molecular formula is C34H46N2O4. The molecule has 2 aromatic rings. The van der Waals surface area contributed by atoms with Gasteiger partial charge in [0.2, 0.25) is 0 Å². The van der Waals surface area contributed by atoms with E-state index in [-0.39, 0.29) is 11.9 Å². The van der Waals surface area contributed by atoms with Crippen LogP contribution in [0.15, 0.2) is 47.5 Å². The minimum atomic E-state index is -1.10. The quantitative estimate of drug-likeness (QED) is 0.258. The van der Waals surface area contributed by atoms with E-state index in [0.29, 0.717) is 24.8 Å². The Bertz CT molecular complexity index is 1220. The summed E-state index contributed by atoms with van der Waals surface area (Å²) >= 11 is 0. The van der Waals surface area contributed by atoms with Gasteiger partial charge in [-0.2, -0.15) is 0 Å². The number of ether oxygens (including phenoxy) is 2. The lowest BCUT2D eigenvalue weighted by molar-refractivity contribution is -0.158. The molecule has 1 saturated carbocycles. The van der Waals surface area contributed by atoms with Crippen molar-refractivity contribution in [3.05, 3.63) is 53.6 Å². The van der Waals surface area contributed by atoms with Gasteiger partial charge in [0.1, 0.15) is 17.1 Å². The zero-order chi connectivity index (χ0) is 28.9. The van der Waals surface area contributed by atoms with Crippen molar-refractivity contribution < 1.29 is 19.1 Å². The molecule has 0 unspecified atom stereocenters. The number of nitrogens with zero attached hydrogens (tertiary/aromatic N) is 2. The van der Waals surface area contributed by atoms with Crippen LogP contribution in [0.25, 0.3) is 11.1 Å². The van der Waals surface area contributed by atoms with Crippen LogP contribution in [0.2, 0.25) is 0 Å². The summed E-state index contributed by atoms with van der Waals surface area (Å²) < 4.78 is 11.5. The van der Waals surface area contributed by atoms with Gasteiger partial charge < -0.3 is 9.47 Å². The van der Waals surface area contributed by atoms with E-state index in [1.807, 2.05) is 11.0 Å². The van der Waals surface area contributed by atoms with Crippen molar-refractivity contribution in [1.82, 2.24) is 4.90 Å². The highest BCUT2D eigenvalue weighted by atomic mass is 16.6. The first-order valence-corrected chi connectivity index (χ1v) is 15.1. The van der Waals surface area contributed by atoms with Gasteiger partial charge >= 0.3 is 5.97 Å². The molecule has 0 saturated heterocycles. The van der Waals surface area contributed by atoms with E-state index in [0.717, 1.165) is 79.5 Å². The predicted octanol–water partition coefficient (Wildman–Crippen LogP) is 7.52. The lowest BCUT2D eigenvalue weighted by Crippen LogP contribution is -2.40. The summed E-state index contributed by atoms with van der Waals surface area (Å²) in [5, 5.41) is 0. The summed E-state index contributed by atoms with van der Waals surface area (Å²) in [4.78, 5) is 33.0. The SMILES string of the molecule is CCCCC1=NC2(CCCC2)C(=O)N1Cc1ccc(-c2ccc(CC(C)C)c(OC(C)(C)C(=O)OCC)c2)cc1. The fourth-order valence-electron chi connectivity index (χ4n) is 5.74. The maximum absolute atomic E-state index is 13.5. The highest BCUT2D eigenvalue weighted by Gasteiger charge is 2.49. The molecule has 2 aliphatic rings. The first-order chi connectivity index (χ1) is 19.1. The van der Waals surface area contributed by atoms with E-state index in [2.05, 4.69) is 57.2 Å². The molecule has 1 fully saturated rings. The molecule has 0 N–H and O–H groups in total. The third-order valence-electron chi connectivity index (χ3n) is 7.94. The Morgan fingerprint density at radius 2 is 1.73 bits per heavy atom. The Morgan fingerprint density at radius 3 is 2.35 bits per heavy atom. The summed E-state index contributed by atoms with van der Waals surface area (Å²) in [7, 11) is 0. The normalized spacial score (nSPS) is 16.6. The number of aliphatic imine (C=N–C) groups is 1. The van der Waals surface area contributed by atoms with Gasteiger partial charge in [-0.3, -0.25) is 14.7 Å². The number of carbonyl (C=O) groups excluding carboxylic acids is 2. The van der Waals surface area contributed by atoms with Crippen LogP contribution in [-0.4, -0.2) is 40.4 Å². The molecule has 0 radical (unpaired) electrons. The minimum absolute atomic E-state index is 0.187. The van der Waals surface area contributed by atoms with Gasteiger partial charge in [0.25, 0.3) is 5.91 Å². The summed E-state index contributed by atoms with van der Waals surface area (Å²) in [6.07, 6.45) is 7.75. The van der Waals surface area contributed by atoms with Gasteiger partial charge in [0, 0.05) is 6.42 Å². The molecule has 1 aliphatic carbocycles. The average Bonchev–Trinajstić information content (AvgIpc) is 3.49. The number of hydrogen-bond donors (Lipinski definition) is 0. The molecule has 1 amide bonds. The molecule has 1 spiro atoms. The van der Waals surface area contributed by atoms with Crippen LogP contribution in [0, 0.1) is 5.92 Å². The number of carbonyl (C=O) groups is 2. The molecule has 40 heavy (non-hydrogen) atoms. The third kappa shape index (κ3) is 6.59. The standard InChI is InChI=1S/C34H46N2O4/c1-7-9-12-30-35-34(19-10-11-20-34)31(37)36(30)23-25-13-15-26(16-14-25)27-17-18-28(21-24(3)4)29(22-27)40-33(5,6)32(38)39-8-2/h13-18,22,24H,7-12,19-21,23H2,1-6H3. The van der Waals surface area contributed by atoms with E-state index in [9.17, 15) is 9.59 Å². The van der Waals surface area contributed by atoms with Gasteiger partial charge in [-0.1, -0.05) is 76.4 Å². The summed E-state index contributed by atoms with van der Waals surface area (Å²) in [5.41, 5.74) is 2.63. The largest absolute Gasteiger partial charge is 0.476 e. The predicted molar refractivity (Wildman–Crippen MR) is 160 cm³/mol. The van der Waals surface area contributed by atoms with Crippen molar-refractivity contribution in [2.75, 3.05) is 6.61 Å². The van der Waals surface area contributed by atoms with E-state index in [1.54, 1.807) is 20.8 Å². The summed E-state index contributed by atoms with van der Waals surface area (Å²) in [6, 6.07) is 14.6. The van der Waals surface area contributed by atoms with Gasteiger partial charge in [0.05, 0.1) is 13.2 Å². The lowest BCUT2D eigenvalue weighted by Gasteiger charge is -2.26. The number of benzene rings is 2. The molecule has 0 atom stereocenters. The highest BCUT2D eigenvalue weighted by Crippen LogP contribution is 2.40. The first kappa shape index (κ1) is 29.8. The third-order valence-corrected chi connectivity index (χ3v) is 7.94. The van der Waals surface area contributed by atoms with Crippen LogP contribution < -0.4 is 4.74 Å². The Labute approximate surface area is 240 Å². The molecule has 2 aromatic carbocycles. The second kappa shape index (κ2) is 12.6. The molecule has 0 aromatic heterocycles. The Hall–Kier alpha value is -3.15. The van der Waals surface area contributed by atoms with E-state index in [1.165, 1.54) is 0 Å². The average molecular weight is 547 g/mol. The monoisotopic (exact) mass is 546 g/mol. The number of amidine groups is 1. The fraction of sp³-hybridized carbons (Fsp3) is 0.559. The Morgan fingerprint density at radius 1 is 1.05 bits per heavy atom. The van der Waals surface area contributed by atoms with Crippen molar-refractivity contribution in [3.8, 4) is 16.9 Å².